The summed E-state index contributed by atoms with van der Waals surface area (Å²) in [5.74, 6) is -2.63. The third kappa shape index (κ3) is 11.1. The van der Waals surface area contributed by atoms with E-state index in [2.05, 4.69) is 10.6 Å². The molecule has 0 saturated carbocycles. The van der Waals surface area contributed by atoms with Gasteiger partial charge in [-0.1, -0.05) is 69.2 Å². The zero-order chi connectivity index (χ0) is 37.6. The van der Waals surface area contributed by atoms with Gasteiger partial charge in [0.15, 0.2) is 23.3 Å². The van der Waals surface area contributed by atoms with Crippen LogP contribution in [0.3, 0.4) is 0 Å². The Hall–Kier alpha value is -3.30. The maximum absolute atomic E-state index is 14.9. The highest BCUT2D eigenvalue weighted by molar-refractivity contribution is 5.94. The number of carbonyl (C=O) groups excluding carboxylic acids is 2. The lowest BCUT2D eigenvalue weighted by molar-refractivity contribution is -0.118. The second-order valence-electron chi connectivity index (χ2n) is 13.2. The first-order valence-corrected chi connectivity index (χ1v) is 18.3. The second-order valence-corrected chi connectivity index (χ2v) is 13.2. The van der Waals surface area contributed by atoms with Crippen LogP contribution < -0.4 is 20.4 Å². The molecule has 2 aliphatic rings. The lowest BCUT2D eigenvalue weighted by atomic mass is 9.92. The quantitative estimate of drug-likeness (QED) is 0.270. The molecule has 0 atom stereocenters. The minimum Gasteiger partial charge on any atom is -0.367 e. The molecule has 2 aliphatic heterocycles. The number of rotatable bonds is 8. The van der Waals surface area contributed by atoms with Crippen LogP contribution in [0.25, 0.3) is 0 Å². The highest BCUT2D eigenvalue weighted by atomic mass is 19.1. The molecule has 2 amide bonds. The molecule has 278 valence electrons. The van der Waals surface area contributed by atoms with E-state index >= 15 is 0 Å². The molecule has 2 heterocycles. The number of nitrogens with one attached hydrogen (secondary N) is 2. The van der Waals surface area contributed by atoms with Gasteiger partial charge in [-0.25, -0.2) is 17.6 Å². The van der Waals surface area contributed by atoms with Gasteiger partial charge < -0.3 is 20.4 Å². The van der Waals surface area contributed by atoms with Crippen molar-refractivity contribution >= 4 is 34.6 Å². The largest absolute Gasteiger partial charge is 0.367 e. The molecule has 10 heteroatoms. The summed E-state index contributed by atoms with van der Waals surface area (Å²) in [7, 11) is 0. The van der Waals surface area contributed by atoms with E-state index < -0.39 is 23.3 Å². The molecule has 0 aliphatic carbocycles. The van der Waals surface area contributed by atoms with E-state index in [1.807, 2.05) is 62.3 Å². The minimum absolute atomic E-state index is 0.0475. The van der Waals surface area contributed by atoms with Gasteiger partial charge in [-0.3, -0.25) is 9.59 Å². The van der Waals surface area contributed by atoms with Crippen LogP contribution in [0.1, 0.15) is 130 Å². The Balaban J connectivity index is 0.000000445. The van der Waals surface area contributed by atoms with E-state index in [0.29, 0.717) is 73.4 Å². The molecule has 2 aromatic carbocycles. The molecule has 2 N–H and O–H groups in total. The van der Waals surface area contributed by atoms with Gasteiger partial charge in [0.05, 0.1) is 11.4 Å². The van der Waals surface area contributed by atoms with Crippen LogP contribution in [0, 0.1) is 42.5 Å². The van der Waals surface area contributed by atoms with Crippen LogP contribution in [0.4, 0.5) is 40.3 Å². The number of halogens is 4. The van der Waals surface area contributed by atoms with Crippen LogP contribution in [-0.4, -0.2) is 38.0 Å². The van der Waals surface area contributed by atoms with Crippen molar-refractivity contribution in [3.8, 4) is 0 Å². The average molecular weight is 695 g/mol. The van der Waals surface area contributed by atoms with E-state index in [1.54, 1.807) is 30.6 Å². The number of nitrogens with zero attached hydrogens (tertiary/aromatic N) is 2. The fourth-order valence-corrected chi connectivity index (χ4v) is 6.07. The summed E-state index contributed by atoms with van der Waals surface area (Å²) in [6.07, 6.45) is 5.21. The van der Waals surface area contributed by atoms with Crippen LogP contribution in [0.2, 0.25) is 0 Å². The maximum atomic E-state index is 14.9. The van der Waals surface area contributed by atoms with Crippen molar-refractivity contribution in [3.05, 3.63) is 45.5 Å². The topological polar surface area (TPSA) is 64.7 Å². The Morgan fingerprint density at radius 1 is 0.612 bits per heavy atom. The number of hydrogen-bond donors (Lipinski definition) is 2. The second kappa shape index (κ2) is 20.4. The van der Waals surface area contributed by atoms with Crippen molar-refractivity contribution in [1.82, 2.24) is 0 Å². The molecule has 4 rings (SSSR count). The van der Waals surface area contributed by atoms with Crippen molar-refractivity contribution in [2.75, 3.05) is 46.6 Å². The van der Waals surface area contributed by atoms with E-state index in [-0.39, 0.29) is 40.7 Å². The van der Waals surface area contributed by atoms with Crippen molar-refractivity contribution in [1.29, 1.82) is 0 Å². The standard InChI is InChI=1S/C18H26F2N2O.C17H24F2N2O.2C2H6/c1-11-14(19)17(22-8-6-7-9-22)15(20)12(2)16(11)21-13(23)10-18(3,4)5;1-4-11-14(18)17(21-9-7-8-10-21)15(19)12(5-2)16(11)20-13(22)6-3;2*1-2/h6-10H2,1-5H3,(H,21,23);4-10H2,1-3H3,(H,20,22);2*1-2H3. The Kier molecular flexibility index (Phi) is 18.2. The lowest BCUT2D eigenvalue weighted by Gasteiger charge is -2.25. The third-order valence-electron chi connectivity index (χ3n) is 8.47. The van der Waals surface area contributed by atoms with Gasteiger partial charge >= 0.3 is 0 Å². The van der Waals surface area contributed by atoms with Crippen LogP contribution in [-0.2, 0) is 22.4 Å². The van der Waals surface area contributed by atoms with Crippen molar-refractivity contribution in [2.24, 2.45) is 5.41 Å². The average Bonchev–Trinajstić information content (AvgIpc) is 3.80. The number of amides is 2. The zero-order valence-corrected chi connectivity index (χ0v) is 32.2. The van der Waals surface area contributed by atoms with Crippen molar-refractivity contribution in [2.45, 2.75) is 134 Å². The Bertz CT molecular complexity index is 1330. The van der Waals surface area contributed by atoms with Gasteiger partial charge in [-0.2, -0.15) is 0 Å². The monoisotopic (exact) mass is 694 g/mol. The van der Waals surface area contributed by atoms with Crippen LogP contribution in [0.15, 0.2) is 0 Å². The third-order valence-corrected chi connectivity index (χ3v) is 8.47. The van der Waals surface area contributed by atoms with Crippen LogP contribution >= 0.6 is 0 Å². The summed E-state index contributed by atoms with van der Waals surface area (Å²) >= 11 is 0. The normalized spacial score (nSPS) is 13.9. The number of carbonyl (C=O) groups is 2. The first kappa shape index (κ1) is 43.7. The number of anilines is 4. The Morgan fingerprint density at radius 2 is 0.959 bits per heavy atom. The Morgan fingerprint density at radius 3 is 1.29 bits per heavy atom. The predicted molar refractivity (Wildman–Crippen MR) is 198 cm³/mol. The zero-order valence-electron chi connectivity index (χ0n) is 32.2. The highest BCUT2D eigenvalue weighted by Gasteiger charge is 2.29. The van der Waals surface area contributed by atoms with Gasteiger partial charge in [-0.05, 0) is 57.8 Å². The molecular formula is C39H62F4N4O2. The fraction of sp³-hybridized carbons (Fsp3) is 0.641. The van der Waals surface area contributed by atoms with E-state index in [1.165, 1.54) is 0 Å². The highest BCUT2D eigenvalue weighted by Crippen LogP contribution is 2.39. The Labute approximate surface area is 293 Å². The molecule has 2 aromatic rings. The maximum Gasteiger partial charge on any atom is 0.224 e. The molecular weight excluding hydrogens is 632 g/mol. The molecule has 49 heavy (non-hydrogen) atoms. The fourth-order valence-electron chi connectivity index (χ4n) is 6.07. The SMILES string of the molecule is CC.CC.CCC(=O)Nc1c(CC)c(F)c(N2CCCC2)c(F)c1CC.Cc1c(F)c(N2CCCC2)c(F)c(C)c1NC(=O)CC(C)(C)C. The first-order valence-electron chi connectivity index (χ1n) is 18.3. The molecule has 2 fully saturated rings. The minimum atomic E-state index is -0.568. The number of benzene rings is 2. The molecule has 0 bridgehead atoms. The van der Waals surface area contributed by atoms with Gasteiger partial charge in [-0.15, -0.1) is 0 Å². The first-order chi connectivity index (χ1) is 23.2. The summed E-state index contributed by atoms with van der Waals surface area (Å²) in [5.41, 5.74) is 1.95. The van der Waals surface area contributed by atoms with Gasteiger partial charge in [0, 0.05) is 61.3 Å². The summed E-state index contributed by atoms with van der Waals surface area (Å²) < 4.78 is 59.2. The van der Waals surface area contributed by atoms with Gasteiger partial charge in [0.1, 0.15) is 11.4 Å². The molecule has 0 unspecified atom stereocenters. The van der Waals surface area contributed by atoms with E-state index in [9.17, 15) is 27.2 Å². The van der Waals surface area contributed by atoms with Gasteiger partial charge in [0.25, 0.3) is 0 Å². The van der Waals surface area contributed by atoms with Crippen LogP contribution in [0.5, 0.6) is 0 Å². The number of hydrogen-bond acceptors (Lipinski definition) is 4. The summed E-state index contributed by atoms with van der Waals surface area (Å²) in [6, 6.07) is 0. The summed E-state index contributed by atoms with van der Waals surface area (Å²) in [5, 5.41) is 5.39. The van der Waals surface area contributed by atoms with E-state index in [0.717, 1.165) is 25.7 Å². The molecule has 2 saturated heterocycles. The molecule has 0 spiro atoms. The lowest BCUT2D eigenvalue weighted by Crippen LogP contribution is -2.24. The van der Waals surface area contributed by atoms with E-state index in [4.69, 9.17) is 0 Å². The smallest absolute Gasteiger partial charge is 0.224 e. The predicted octanol–water partition coefficient (Wildman–Crippen LogP) is 10.6. The van der Waals surface area contributed by atoms with Crippen molar-refractivity contribution < 1.29 is 27.2 Å². The van der Waals surface area contributed by atoms with Gasteiger partial charge in [0.2, 0.25) is 11.8 Å². The molecule has 6 nitrogen and oxygen atoms in total. The summed E-state index contributed by atoms with van der Waals surface area (Å²) in [4.78, 5) is 27.4. The molecule has 0 aromatic heterocycles. The van der Waals surface area contributed by atoms with Crippen molar-refractivity contribution in [3.63, 3.8) is 0 Å². The summed E-state index contributed by atoms with van der Waals surface area (Å²) in [6.45, 7) is 25.1. The molecule has 0 radical (unpaired) electrons.